The highest BCUT2D eigenvalue weighted by molar-refractivity contribution is 6.31. The molecule has 1 aliphatic rings. The standard InChI is InChI=1S/C25H32Cl2FN5O3/c1-5-32(25(35)30-36-4)14-13-31(3)23-17-24(34)33(21-12-11-19(27)15-20(28)16-21)22(29-23)10-8-6-7-9-18(2)26/h6-12,15,17,20-21H,5,13-14,16H2,1-4H3,(H,30,35)/b7-6-,10-8+,18-9+. The lowest BCUT2D eigenvalue weighted by atomic mass is 10.1. The minimum Gasteiger partial charge on any atom is -0.358 e. The van der Waals surface area contributed by atoms with Crippen molar-refractivity contribution < 1.29 is 14.0 Å². The molecular weight excluding hydrogens is 508 g/mol. The Morgan fingerprint density at radius 2 is 2.11 bits per heavy atom. The van der Waals surface area contributed by atoms with Crippen LogP contribution in [0.2, 0.25) is 0 Å². The van der Waals surface area contributed by atoms with Crippen LogP contribution in [0.3, 0.4) is 0 Å². The van der Waals surface area contributed by atoms with Crippen LogP contribution in [0.4, 0.5) is 15.0 Å². The summed E-state index contributed by atoms with van der Waals surface area (Å²) in [5, 5.41) is 0.907. The smallest absolute Gasteiger partial charge is 0.341 e. The van der Waals surface area contributed by atoms with Gasteiger partial charge in [0.25, 0.3) is 5.56 Å². The Labute approximate surface area is 221 Å². The first-order chi connectivity index (χ1) is 17.2. The molecule has 196 valence electrons. The summed E-state index contributed by atoms with van der Waals surface area (Å²) in [6.07, 6.45) is 12.0. The van der Waals surface area contributed by atoms with Crippen LogP contribution in [0, 0.1) is 0 Å². The van der Waals surface area contributed by atoms with E-state index in [0.29, 0.717) is 36.3 Å². The third-order valence-electron chi connectivity index (χ3n) is 5.33. The third kappa shape index (κ3) is 8.96. The van der Waals surface area contributed by atoms with Crippen molar-refractivity contribution in [2.45, 2.75) is 32.5 Å². The summed E-state index contributed by atoms with van der Waals surface area (Å²) >= 11 is 11.9. The van der Waals surface area contributed by atoms with E-state index in [1.165, 1.54) is 23.8 Å². The van der Waals surface area contributed by atoms with Crippen molar-refractivity contribution in [3.63, 3.8) is 0 Å². The van der Waals surface area contributed by atoms with Gasteiger partial charge in [0.15, 0.2) is 0 Å². The van der Waals surface area contributed by atoms with Gasteiger partial charge in [0.2, 0.25) is 0 Å². The highest BCUT2D eigenvalue weighted by Crippen LogP contribution is 2.25. The molecule has 0 aliphatic heterocycles. The highest BCUT2D eigenvalue weighted by Gasteiger charge is 2.22. The molecular formula is C25H32Cl2FN5O3. The molecule has 0 aromatic carbocycles. The minimum atomic E-state index is -1.31. The van der Waals surface area contributed by atoms with E-state index in [4.69, 9.17) is 28.0 Å². The Kier molecular flexibility index (Phi) is 11.9. The van der Waals surface area contributed by atoms with Crippen molar-refractivity contribution >= 4 is 41.1 Å². The van der Waals surface area contributed by atoms with Crippen molar-refractivity contribution in [1.29, 1.82) is 0 Å². The predicted molar refractivity (Wildman–Crippen MR) is 144 cm³/mol. The summed E-state index contributed by atoms with van der Waals surface area (Å²) in [6, 6.07) is 0.467. The Hall–Kier alpha value is -2.88. The second kappa shape index (κ2) is 14.6. The van der Waals surface area contributed by atoms with E-state index in [2.05, 4.69) is 10.5 Å². The van der Waals surface area contributed by atoms with Crippen molar-refractivity contribution in [3.8, 4) is 0 Å². The van der Waals surface area contributed by atoms with E-state index in [1.807, 2.05) is 6.92 Å². The molecule has 11 heteroatoms. The number of nitrogens with one attached hydrogen (secondary N) is 1. The third-order valence-corrected chi connectivity index (χ3v) is 5.71. The number of carbonyl (C=O) groups excluding carboxylic acids is 1. The van der Waals surface area contributed by atoms with Crippen LogP contribution in [-0.4, -0.2) is 60.4 Å². The van der Waals surface area contributed by atoms with Crippen molar-refractivity contribution in [2.75, 3.05) is 38.7 Å². The molecule has 1 aromatic heterocycles. The Bertz CT molecular complexity index is 1110. The summed E-state index contributed by atoms with van der Waals surface area (Å²) in [6.45, 7) is 4.89. The van der Waals surface area contributed by atoms with E-state index in [0.717, 1.165) is 0 Å². The molecule has 1 aromatic rings. The molecule has 1 heterocycles. The summed E-state index contributed by atoms with van der Waals surface area (Å²) in [5.41, 5.74) is 1.96. The van der Waals surface area contributed by atoms with Crippen LogP contribution in [0.1, 0.15) is 32.1 Å². The van der Waals surface area contributed by atoms with Gasteiger partial charge in [-0.1, -0.05) is 47.5 Å². The predicted octanol–water partition coefficient (Wildman–Crippen LogP) is 4.95. The van der Waals surface area contributed by atoms with Gasteiger partial charge >= 0.3 is 6.03 Å². The fraction of sp³-hybridized carbons (Fsp3) is 0.400. The Morgan fingerprint density at radius 1 is 1.36 bits per heavy atom. The fourth-order valence-electron chi connectivity index (χ4n) is 3.48. The minimum absolute atomic E-state index is 0.0500. The van der Waals surface area contributed by atoms with Gasteiger partial charge in [-0.05, 0) is 38.2 Å². The molecule has 0 saturated carbocycles. The molecule has 2 unspecified atom stereocenters. The quantitative estimate of drug-likeness (QED) is 0.336. The van der Waals surface area contributed by atoms with E-state index >= 15 is 0 Å². The van der Waals surface area contributed by atoms with Gasteiger partial charge in [-0.2, -0.15) is 0 Å². The highest BCUT2D eigenvalue weighted by atomic mass is 35.5. The number of amides is 2. The van der Waals surface area contributed by atoms with Crippen LogP contribution in [0.25, 0.3) is 6.08 Å². The van der Waals surface area contributed by atoms with E-state index < -0.39 is 12.2 Å². The van der Waals surface area contributed by atoms with Gasteiger partial charge in [-0.25, -0.2) is 19.6 Å². The van der Waals surface area contributed by atoms with E-state index in [-0.39, 0.29) is 23.0 Å². The molecule has 36 heavy (non-hydrogen) atoms. The second-order valence-electron chi connectivity index (χ2n) is 8.02. The molecule has 2 amide bonds. The average Bonchev–Trinajstić information content (AvgIpc) is 2.98. The number of urea groups is 1. The van der Waals surface area contributed by atoms with Crippen LogP contribution >= 0.6 is 23.2 Å². The monoisotopic (exact) mass is 539 g/mol. The van der Waals surface area contributed by atoms with Gasteiger partial charge in [0.05, 0.1) is 13.2 Å². The van der Waals surface area contributed by atoms with Crippen LogP contribution in [0.15, 0.2) is 63.5 Å². The molecule has 0 saturated heterocycles. The second-order valence-corrected chi connectivity index (χ2v) is 9.05. The zero-order valence-electron chi connectivity index (χ0n) is 20.8. The number of alkyl halides is 1. The Balaban J connectivity index is 2.39. The van der Waals surface area contributed by atoms with Gasteiger partial charge in [-0.15, -0.1) is 0 Å². The maximum Gasteiger partial charge on any atom is 0.341 e. The van der Waals surface area contributed by atoms with E-state index in [9.17, 15) is 14.0 Å². The van der Waals surface area contributed by atoms with Crippen molar-refractivity contribution in [3.05, 3.63) is 74.8 Å². The Morgan fingerprint density at radius 3 is 2.78 bits per heavy atom. The lowest BCUT2D eigenvalue weighted by Crippen LogP contribution is -2.43. The number of likely N-dealkylation sites (N-methyl/N-ethyl adjacent to an activating group) is 2. The number of hydrogen-bond donors (Lipinski definition) is 1. The molecule has 1 N–H and O–H groups in total. The fourth-order valence-corrected chi connectivity index (χ4v) is 3.76. The lowest BCUT2D eigenvalue weighted by molar-refractivity contribution is 0.0881. The summed E-state index contributed by atoms with van der Waals surface area (Å²) in [5.74, 6) is 0.773. The van der Waals surface area contributed by atoms with Crippen LogP contribution < -0.4 is 15.9 Å². The first kappa shape index (κ1) is 29.4. The molecule has 0 bridgehead atoms. The maximum atomic E-state index is 14.4. The topological polar surface area (TPSA) is 79.7 Å². The van der Waals surface area contributed by atoms with Gasteiger partial charge in [0, 0.05) is 49.2 Å². The number of hydrogen-bond acceptors (Lipinski definition) is 5. The molecule has 0 spiro atoms. The lowest BCUT2D eigenvalue weighted by Gasteiger charge is -2.26. The zero-order valence-corrected chi connectivity index (χ0v) is 22.3. The van der Waals surface area contributed by atoms with Crippen LogP contribution in [-0.2, 0) is 4.84 Å². The number of hydroxylamine groups is 1. The number of rotatable bonds is 10. The van der Waals surface area contributed by atoms with Crippen LogP contribution in [0.5, 0.6) is 0 Å². The average molecular weight is 540 g/mol. The van der Waals surface area contributed by atoms with Crippen molar-refractivity contribution in [2.24, 2.45) is 0 Å². The van der Waals surface area contributed by atoms with Gasteiger partial charge in [0.1, 0.15) is 17.8 Å². The molecule has 8 nitrogen and oxygen atoms in total. The molecule has 0 radical (unpaired) electrons. The van der Waals surface area contributed by atoms with E-state index in [1.54, 1.807) is 66.3 Å². The molecule has 2 rings (SSSR count). The van der Waals surface area contributed by atoms with Crippen molar-refractivity contribution in [1.82, 2.24) is 19.9 Å². The summed E-state index contributed by atoms with van der Waals surface area (Å²) < 4.78 is 15.9. The maximum absolute atomic E-state index is 14.4. The van der Waals surface area contributed by atoms with Gasteiger partial charge < -0.3 is 9.80 Å². The number of halogens is 3. The molecule has 1 aliphatic carbocycles. The first-order valence-corrected chi connectivity index (χ1v) is 12.2. The zero-order chi connectivity index (χ0) is 26.7. The number of nitrogens with zero attached hydrogens (tertiary/aromatic N) is 4. The molecule has 2 atom stereocenters. The summed E-state index contributed by atoms with van der Waals surface area (Å²) in [7, 11) is 3.15. The number of allylic oxidation sites excluding steroid dienone is 9. The molecule has 0 fully saturated rings. The summed E-state index contributed by atoms with van der Waals surface area (Å²) in [4.78, 5) is 38.0. The number of aromatic nitrogens is 2. The largest absolute Gasteiger partial charge is 0.358 e. The number of carbonyl (C=O) groups is 1. The first-order valence-electron chi connectivity index (χ1n) is 11.5. The normalized spacial score (nSPS) is 18.4. The number of anilines is 1. The SMILES string of the molecule is CCN(CCN(C)c1cc(=O)n(C2C=CC(Cl)=CC(F)C2)c(/C=C/C=C\C=C(/C)Cl)n1)C(=O)NOC. The van der Waals surface area contributed by atoms with Gasteiger partial charge in [-0.3, -0.25) is 14.2 Å².